The van der Waals surface area contributed by atoms with E-state index in [9.17, 15) is 0 Å². The Morgan fingerprint density at radius 1 is 1.40 bits per heavy atom. The summed E-state index contributed by atoms with van der Waals surface area (Å²) in [5, 5.41) is 12.7. The summed E-state index contributed by atoms with van der Waals surface area (Å²) in [5.41, 5.74) is 0. The topological polar surface area (TPSA) is 32.3 Å². The average Bonchev–Trinajstić information content (AvgIpc) is 1.87. The highest BCUT2D eigenvalue weighted by Gasteiger charge is 1.98. The van der Waals surface area contributed by atoms with E-state index in [1.807, 2.05) is 11.8 Å². The van der Waals surface area contributed by atoms with Crippen molar-refractivity contribution in [1.82, 2.24) is 5.32 Å². The maximum Gasteiger partial charge on any atom is 0.0636 e. The van der Waals surface area contributed by atoms with E-state index < -0.39 is 0 Å². The molecule has 0 fully saturated rings. The Bertz CT molecular complexity index is 78.0. The molecule has 2 N–H and O–H groups in total. The number of aliphatic hydroxyl groups excluding tert-OH is 1. The summed E-state index contributed by atoms with van der Waals surface area (Å²) < 4.78 is 0. The second-order valence-corrected chi connectivity index (χ2v) is 3.83. The molecular formula is C7H17NOS. The zero-order valence-electron chi connectivity index (χ0n) is 6.92. The summed E-state index contributed by atoms with van der Waals surface area (Å²) in [4.78, 5) is 0. The van der Waals surface area contributed by atoms with Crippen molar-refractivity contribution in [1.29, 1.82) is 0 Å². The zero-order chi connectivity index (χ0) is 7.98. The third-order valence-electron chi connectivity index (χ3n) is 1.27. The minimum absolute atomic E-state index is 0.228. The normalized spacial score (nSPS) is 16.8. The summed E-state index contributed by atoms with van der Waals surface area (Å²) in [5.74, 6) is 0. The molecule has 0 bridgehead atoms. The first kappa shape index (κ1) is 10.3. The van der Waals surface area contributed by atoms with Crippen molar-refractivity contribution < 1.29 is 5.11 Å². The van der Waals surface area contributed by atoms with E-state index in [1.54, 1.807) is 6.92 Å². The van der Waals surface area contributed by atoms with Crippen LogP contribution in [0.2, 0.25) is 0 Å². The highest BCUT2D eigenvalue weighted by Crippen LogP contribution is 2.01. The molecule has 0 aromatic heterocycles. The van der Waals surface area contributed by atoms with Crippen molar-refractivity contribution in [3.8, 4) is 0 Å². The van der Waals surface area contributed by atoms with Crippen LogP contribution < -0.4 is 5.32 Å². The van der Waals surface area contributed by atoms with Gasteiger partial charge >= 0.3 is 0 Å². The Balaban J connectivity index is 3.03. The summed E-state index contributed by atoms with van der Waals surface area (Å²) in [6.45, 7) is 5.63. The van der Waals surface area contributed by atoms with Gasteiger partial charge in [0.1, 0.15) is 0 Å². The first-order chi connectivity index (χ1) is 4.66. The lowest BCUT2D eigenvalue weighted by molar-refractivity contribution is 0.192. The van der Waals surface area contributed by atoms with Crippen molar-refractivity contribution in [3.63, 3.8) is 0 Å². The van der Waals surface area contributed by atoms with E-state index in [0.717, 1.165) is 6.54 Å². The number of nitrogens with one attached hydrogen (secondary N) is 1. The van der Waals surface area contributed by atoms with Gasteiger partial charge < -0.3 is 10.4 Å². The smallest absolute Gasteiger partial charge is 0.0636 e. The zero-order valence-corrected chi connectivity index (χ0v) is 7.74. The second-order valence-electron chi connectivity index (χ2n) is 2.55. The van der Waals surface area contributed by atoms with E-state index >= 15 is 0 Å². The van der Waals surface area contributed by atoms with Crippen molar-refractivity contribution >= 4 is 11.8 Å². The van der Waals surface area contributed by atoms with E-state index in [0.29, 0.717) is 11.8 Å². The molecule has 0 saturated heterocycles. The van der Waals surface area contributed by atoms with Gasteiger partial charge in [0.25, 0.3) is 0 Å². The first-order valence-corrected chi connectivity index (χ1v) is 4.87. The molecule has 0 aliphatic carbocycles. The molecule has 62 valence electrons. The van der Waals surface area contributed by atoms with Gasteiger partial charge in [-0.15, -0.1) is 0 Å². The van der Waals surface area contributed by atoms with Crippen LogP contribution in [0.5, 0.6) is 0 Å². The number of rotatable bonds is 5. The van der Waals surface area contributed by atoms with Gasteiger partial charge in [-0.25, -0.2) is 0 Å². The first-order valence-electron chi connectivity index (χ1n) is 3.58. The molecule has 0 radical (unpaired) electrons. The van der Waals surface area contributed by atoms with Gasteiger partial charge in [-0.2, -0.15) is 11.8 Å². The monoisotopic (exact) mass is 163 g/mol. The Hall–Kier alpha value is 0.270. The fourth-order valence-corrected chi connectivity index (χ4v) is 0.863. The van der Waals surface area contributed by atoms with Crippen LogP contribution in [0.25, 0.3) is 0 Å². The predicted molar refractivity (Wildman–Crippen MR) is 47.5 cm³/mol. The summed E-state index contributed by atoms with van der Waals surface area (Å²) >= 11 is 1.83. The molecule has 0 rings (SSSR count). The average molecular weight is 163 g/mol. The molecule has 0 spiro atoms. The molecule has 2 nitrogen and oxygen atoms in total. The molecule has 0 saturated carbocycles. The number of aliphatic hydroxyl groups is 1. The van der Waals surface area contributed by atoms with Gasteiger partial charge in [0, 0.05) is 18.3 Å². The molecule has 2 atom stereocenters. The standard InChI is InChI=1S/C7H17NOS/c1-6(9)4-8-5-7(2)10-3/h6-9H,4-5H2,1-3H3/t6-,7?/m0/s1. The van der Waals surface area contributed by atoms with Crippen LogP contribution in [-0.2, 0) is 0 Å². The van der Waals surface area contributed by atoms with Crippen LogP contribution in [-0.4, -0.2) is 35.8 Å². The summed E-state index contributed by atoms with van der Waals surface area (Å²) in [7, 11) is 0. The third-order valence-corrected chi connectivity index (χ3v) is 2.25. The highest BCUT2D eigenvalue weighted by atomic mass is 32.2. The molecule has 10 heavy (non-hydrogen) atoms. The molecule has 0 aliphatic rings. The van der Waals surface area contributed by atoms with Crippen LogP contribution in [0, 0.1) is 0 Å². The molecule has 1 unspecified atom stereocenters. The quantitative estimate of drug-likeness (QED) is 0.626. The lowest BCUT2D eigenvalue weighted by atomic mass is 10.4. The number of thioether (sulfide) groups is 1. The Kier molecular flexibility index (Phi) is 6.17. The Morgan fingerprint density at radius 3 is 2.40 bits per heavy atom. The van der Waals surface area contributed by atoms with Crippen molar-refractivity contribution in [2.75, 3.05) is 19.3 Å². The van der Waals surface area contributed by atoms with Crippen LogP contribution in [0.15, 0.2) is 0 Å². The highest BCUT2D eigenvalue weighted by molar-refractivity contribution is 7.99. The second kappa shape index (κ2) is 6.01. The summed E-state index contributed by atoms with van der Waals surface area (Å²) in [6, 6.07) is 0. The van der Waals surface area contributed by atoms with Crippen molar-refractivity contribution in [3.05, 3.63) is 0 Å². The number of hydrogen-bond acceptors (Lipinski definition) is 3. The van der Waals surface area contributed by atoms with Crippen molar-refractivity contribution in [2.24, 2.45) is 0 Å². The molecule has 3 heteroatoms. The van der Waals surface area contributed by atoms with Crippen molar-refractivity contribution in [2.45, 2.75) is 25.2 Å². The lowest BCUT2D eigenvalue weighted by Crippen LogP contribution is -2.29. The van der Waals surface area contributed by atoms with E-state index in [1.165, 1.54) is 0 Å². The maximum absolute atomic E-state index is 8.87. The maximum atomic E-state index is 8.87. The Labute approximate surface area is 67.4 Å². The van der Waals surface area contributed by atoms with Gasteiger partial charge in [-0.1, -0.05) is 6.92 Å². The van der Waals surface area contributed by atoms with E-state index in [4.69, 9.17) is 5.11 Å². The van der Waals surface area contributed by atoms with E-state index in [2.05, 4.69) is 18.5 Å². The minimum atomic E-state index is -0.228. The predicted octanol–water partition coefficient (Wildman–Crippen LogP) is 0.708. The van der Waals surface area contributed by atoms with E-state index in [-0.39, 0.29) is 6.10 Å². The minimum Gasteiger partial charge on any atom is -0.392 e. The molecule has 0 amide bonds. The largest absolute Gasteiger partial charge is 0.392 e. The number of hydrogen-bond donors (Lipinski definition) is 2. The van der Waals surface area contributed by atoms with Gasteiger partial charge in [0.2, 0.25) is 0 Å². The van der Waals surface area contributed by atoms with Crippen LogP contribution in [0.1, 0.15) is 13.8 Å². The molecule has 0 aromatic rings. The molecule has 0 heterocycles. The van der Waals surface area contributed by atoms with Gasteiger partial charge in [0.15, 0.2) is 0 Å². The lowest BCUT2D eigenvalue weighted by Gasteiger charge is -2.10. The van der Waals surface area contributed by atoms with Gasteiger partial charge in [-0.05, 0) is 13.2 Å². The van der Waals surface area contributed by atoms with Crippen LogP contribution in [0.3, 0.4) is 0 Å². The van der Waals surface area contributed by atoms with Crippen LogP contribution in [0.4, 0.5) is 0 Å². The fourth-order valence-electron chi connectivity index (χ4n) is 0.579. The van der Waals surface area contributed by atoms with Gasteiger partial charge in [-0.3, -0.25) is 0 Å². The van der Waals surface area contributed by atoms with Crippen LogP contribution >= 0.6 is 11.8 Å². The third kappa shape index (κ3) is 6.39. The van der Waals surface area contributed by atoms with Gasteiger partial charge in [0.05, 0.1) is 6.10 Å². The molecular weight excluding hydrogens is 146 g/mol. The summed E-state index contributed by atoms with van der Waals surface area (Å²) in [6.07, 6.45) is 1.86. The SMILES string of the molecule is CSC(C)CNC[C@H](C)O. The molecule has 0 aromatic carbocycles. The Morgan fingerprint density at radius 2 is 2.00 bits per heavy atom. The molecule has 0 aliphatic heterocycles. The fraction of sp³-hybridized carbons (Fsp3) is 1.00.